The van der Waals surface area contributed by atoms with E-state index in [1.807, 2.05) is 38.2 Å². The van der Waals surface area contributed by atoms with Crippen molar-refractivity contribution >= 4 is 5.91 Å². The third-order valence-corrected chi connectivity index (χ3v) is 3.61. The molecule has 1 aliphatic rings. The number of nitrogens with zero attached hydrogens (tertiary/aromatic N) is 1. The highest BCUT2D eigenvalue weighted by Crippen LogP contribution is 2.27. The molecular formula is C15H21NO2. The highest BCUT2D eigenvalue weighted by atomic mass is 16.5. The van der Waals surface area contributed by atoms with Crippen molar-refractivity contribution in [3.63, 3.8) is 0 Å². The molecule has 1 aromatic rings. The number of carbonyl (C=O) groups excluding carboxylic acids is 1. The average Bonchev–Trinajstić information content (AvgIpc) is 2.29. The lowest BCUT2D eigenvalue weighted by Crippen LogP contribution is -2.38. The van der Waals surface area contributed by atoms with E-state index in [1.165, 1.54) is 6.42 Å². The van der Waals surface area contributed by atoms with Crippen molar-refractivity contribution < 1.29 is 9.53 Å². The number of benzene rings is 1. The van der Waals surface area contributed by atoms with E-state index in [0.29, 0.717) is 13.2 Å². The quantitative estimate of drug-likeness (QED) is 0.800. The Balaban J connectivity index is 1.74. The maximum atomic E-state index is 11.9. The molecule has 3 heteroatoms. The largest absolute Gasteiger partial charge is 0.491 e. The molecular weight excluding hydrogens is 226 g/mol. The molecule has 0 heterocycles. The van der Waals surface area contributed by atoms with E-state index in [4.69, 9.17) is 4.74 Å². The Bertz CT molecular complexity index is 413. The molecule has 1 amide bonds. The molecule has 0 N–H and O–H groups in total. The number of aryl methyl sites for hydroxylation is 1. The average molecular weight is 247 g/mol. The summed E-state index contributed by atoms with van der Waals surface area (Å²) in [5.74, 6) is 1.45. The summed E-state index contributed by atoms with van der Waals surface area (Å²) in [5.41, 5.74) is 1.13. The molecule has 1 fully saturated rings. The molecule has 2 rings (SSSR count). The molecule has 0 saturated heterocycles. The summed E-state index contributed by atoms with van der Waals surface area (Å²) >= 11 is 0. The van der Waals surface area contributed by atoms with Gasteiger partial charge >= 0.3 is 0 Å². The molecule has 0 aromatic heterocycles. The molecule has 98 valence electrons. The third-order valence-electron chi connectivity index (χ3n) is 3.61. The summed E-state index contributed by atoms with van der Waals surface area (Å²) in [4.78, 5) is 13.7. The Morgan fingerprint density at radius 3 is 2.72 bits per heavy atom. The van der Waals surface area contributed by atoms with Gasteiger partial charge in [-0.1, -0.05) is 24.6 Å². The van der Waals surface area contributed by atoms with Gasteiger partial charge in [-0.15, -0.1) is 0 Å². The Hall–Kier alpha value is -1.51. The van der Waals surface area contributed by atoms with E-state index in [1.54, 1.807) is 4.90 Å². The predicted molar refractivity (Wildman–Crippen MR) is 71.7 cm³/mol. The van der Waals surface area contributed by atoms with E-state index in [-0.39, 0.29) is 11.8 Å². The van der Waals surface area contributed by atoms with Crippen LogP contribution < -0.4 is 4.74 Å². The van der Waals surface area contributed by atoms with Crippen LogP contribution in [0.4, 0.5) is 0 Å². The van der Waals surface area contributed by atoms with Gasteiger partial charge in [0.25, 0.3) is 0 Å². The van der Waals surface area contributed by atoms with Crippen LogP contribution in [-0.4, -0.2) is 31.0 Å². The smallest absolute Gasteiger partial charge is 0.225 e. The number of para-hydroxylation sites is 1. The zero-order valence-corrected chi connectivity index (χ0v) is 11.2. The topological polar surface area (TPSA) is 29.5 Å². The summed E-state index contributed by atoms with van der Waals surface area (Å²) in [6.45, 7) is 3.24. The molecule has 0 spiro atoms. The van der Waals surface area contributed by atoms with Crippen molar-refractivity contribution in [1.29, 1.82) is 0 Å². The molecule has 18 heavy (non-hydrogen) atoms. The summed E-state index contributed by atoms with van der Waals surface area (Å²) < 4.78 is 5.70. The maximum Gasteiger partial charge on any atom is 0.225 e. The third kappa shape index (κ3) is 3.03. The second-order valence-electron chi connectivity index (χ2n) is 5.00. The Morgan fingerprint density at radius 2 is 2.11 bits per heavy atom. The van der Waals surface area contributed by atoms with Gasteiger partial charge in [-0.3, -0.25) is 4.79 Å². The molecule has 1 aromatic carbocycles. The van der Waals surface area contributed by atoms with Crippen LogP contribution in [0.25, 0.3) is 0 Å². The fraction of sp³-hybridized carbons (Fsp3) is 0.533. The van der Waals surface area contributed by atoms with Crippen LogP contribution in [-0.2, 0) is 4.79 Å². The van der Waals surface area contributed by atoms with Gasteiger partial charge in [-0.2, -0.15) is 0 Å². The van der Waals surface area contributed by atoms with Gasteiger partial charge in [0.1, 0.15) is 12.4 Å². The van der Waals surface area contributed by atoms with E-state index < -0.39 is 0 Å². The van der Waals surface area contributed by atoms with Gasteiger partial charge in [-0.25, -0.2) is 0 Å². The first kappa shape index (κ1) is 12.9. The number of amides is 1. The molecule has 0 atom stereocenters. The Labute approximate surface area is 109 Å². The highest BCUT2D eigenvalue weighted by Gasteiger charge is 2.27. The summed E-state index contributed by atoms with van der Waals surface area (Å²) in [6, 6.07) is 7.95. The number of hydrogen-bond acceptors (Lipinski definition) is 2. The van der Waals surface area contributed by atoms with Crippen LogP contribution >= 0.6 is 0 Å². The van der Waals surface area contributed by atoms with E-state index in [2.05, 4.69) is 0 Å². The zero-order chi connectivity index (χ0) is 13.0. The number of carbonyl (C=O) groups is 1. The molecule has 0 bridgehead atoms. The van der Waals surface area contributed by atoms with Gasteiger partial charge in [0.2, 0.25) is 5.91 Å². The summed E-state index contributed by atoms with van der Waals surface area (Å²) in [6.07, 6.45) is 3.31. The number of rotatable bonds is 5. The van der Waals surface area contributed by atoms with Crippen molar-refractivity contribution in [3.8, 4) is 5.75 Å². The second-order valence-corrected chi connectivity index (χ2v) is 5.00. The molecule has 1 saturated carbocycles. The fourth-order valence-corrected chi connectivity index (χ4v) is 2.09. The van der Waals surface area contributed by atoms with Crippen molar-refractivity contribution in [2.75, 3.05) is 20.2 Å². The minimum absolute atomic E-state index is 0.272. The minimum Gasteiger partial charge on any atom is -0.491 e. The zero-order valence-electron chi connectivity index (χ0n) is 11.2. The number of ether oxygens (including phenoxy) is 1. The van der Waals surface area contributed by atoms with Gasteiger partial charge in [0, 0.05) is 13.0 Å². The Kier molecular flexibility index (Phi) is 4.24. The number of hydrogen-bond donors (Lipinski definition) is 0. The van der Waals surface area contributed by atoms with E-state index in [0.717, 1.165) is 24.2 Å². The van der Waals surface area contributed by atoms with Gasteiger partial charge in [0.05, 0.1) is 6.54 Å². The number of likely N-dealkylation sites (N-methyl/N-ethyl adjacent to an activating group) is 1. The first-order valence-corrected chi connectivity index (χ1v) is 6.62. The minimum atomic E-state index is 0.272. The first-order valence-electron chi connectivity index (χ1n) is 6.62. The standard InChI is InChI=1S/C15H21NO2/c1-12-6-3-4-9-14(12)18-11-10-16(2)15(17)13-7-5-8-13/h3-4,6,9,13H,5,7-8,10-11H2,1-2H3. The molecule has 0 aliphatic heterocycles. The van der Waals surface area contributed by atoms with Crippen LogP contribution in [0, 0.1) is 12.8 Å². The van der Waals surface area contributed by atoms with Gasteiger partial charge in [0.15, 0.2) is 0 Å². The molecule has 0 radical (unpaired) electrons. The van der Waals surface area contributed by atoms with E-state index >= 15 is 0 Å². The monoisotopic (exact) mass is 247 g/mol. The molecule has 1 aliphatic carbocycles. The second kappa shape index (κ2) is 5.89. The van der Waals surface area contributed by atoms with Crippen LogP contribution in [0.1, 0.15) is 24.8 Å². The van der Waals surface area contributed by atoms with Crippen molar-refractivity contribution in [1.82, 2.24) is 4.90 Å². The van der Waals surface area contributed by atoms with Gasteiger partial charge < -0.3 is 9.64 Å². The van der Waals surface area contributed by atoms with Crippen LogP contribution in [0.5, 0.6) is 5.75 Å². The van der Waals surface area contributed by atoms with Gasteiger partial charge in [-0.05, 0) is 31.4 Å². The Morgan fingerprint density at radius 1 is 1.39 bits per heavy atom. The lowest BCUT2D eigenvalue weighted by Gasteiger charge is -2.29. The van der Waals surface area contributed by atoms with E-state index in [9.17, 15) is 4.79 Å². The van der Waals surface area contributed by atoms with Crippen molar-refractivity contribution in [2.24, 2.45) is 5.92 Å². The predicted octanol–water partition coefficient (Wildman–Crippen LogP) is 2.63. The van der Waals surface area contributed by atoms with Crippen LogP contribution in [0.2, 0.25) is 0 Å². The fourth-order valence-electron chi connectivity index (χ4n) is 2.09. The molecule has 3 nitrogen and oxygen atoms in total. The van der Waals surface area contributed by atoms with Crippen molar-refractivity contribution in [2.45, 2.75) is 26.2 Å². The SMILES string of the molecule is Cc1ccccc1OCCN(C)C(=O)C1CCC1. The molecule has 0 unspecified atom stereocenters. The van der Waals surface area contributed by atoms with Crippen LogP contribution in [0.3, 0.4) is 0 Å². The first-order chi connectivity index (χ1) is 8.68. The lowest BCUT2D eigenvalue weighted by molar-refractivity contribution is -0.137. The van der Waals surface area contributed by atoms with Crippen LogP contribution in [0.15, 0.2) is 24.3 Å². The lowest BCUT2D eigenvalue weighted by atomic mass is 9.84. The normalized spacial score (nSPS) is 15.0. The maximum absolute atomic E-state index is 11.9. The van der Waals surface area contributed by atoms with Crippen molar-refractivity contribution in [3.05, 3.63) is 29.8 Å². The summed E-state index contributed by atoms with van der Waals surface area (Å²) in [7, 11) is 1.86. The summed E-state index contributed by atoms with van der Waals surface area (Å²) in [5, 5.41) is 0. The highest BCUT2D eigenvalue weighted by molar-refractivity contribution is 5.79.